The maximum absolute atomic E-state index is 12.5. The number of likely N-dealkylation sites (tertiary alicyclic amines) is 1. The average Bonchev–Trinajstić information content (AvgIpc) is 2.62. The van der Waals surface area contributed by atoms with Gasteiger partial charge >= 0.3 is 0 Å². The molecule has 4 nitrogen and oxygen atoms in total. The molecule has 1 saturated heterocycles. The Bertz CT molecular complexity index is 709. The van der Waals surface area contributed by atoms with Gasteiger partial charge in [0.15, 0.2) is 0 Å². The van der Waals surface area contributed by atoms with Gasteiger partial charge in [0, 0.05) is 18.1 Å². The molecule has 0 bridgehead atoms. The molecular weight excluding hydrogens is 326 g/mol. The van der Waals surface area contributed by atoms with Crippen LogP contribution in [0.25, 0.3) is 0 Å². The minimum absolute atomic E-state index is 0.00539. The number of piperidine rings is 1. The van der Waals surface area contributed by atoms with E-state index in [4.69, 9.17) is 11.6 Å². The van der Waals surface area contributed by atoms with Crippen LogP contribution in [0.2, 0.25) is 5.02 Å². The Kier molecular flexibility index (Phi) is 5.07. The second kappa shape index (κ2) is 7.24. The van der Waals surface area contributed by atoms with Crippen molar-refractivity contribution < 1.29 is 15.0 Å². The Morgan fingerprint density at radius 1 is 1.08 bits per heavy atom. The van der Waals surface area contributed by atoms with Crippen LogP contribution in [0.5, 0.6) is 5.75 Å². The third-order valence-corrected chi connectivity index (χ3v) is 4.87. The molecule has 2 aromatic rings. The minimum Gasteiger partial charge on any atom is -0.507 e. The van der Waals surface area contributed by atoms with Gasteiger partial charge in [-0.05, 0) is 48.6 Å². The molecule has 1 fully saturated rings. The number of aromatic hydroxyl groups is 1. The molecule has 0 spiro atoms. The quantitative estimate of drug-likeness (QED) is 0.893. The smallest absolute Gasteiger partial charge is 0.257 e. The second-order valence-corrected chi connectivity index (χ2v) is 6.58. The molecule has 2 aromatic carbocycles. The maximum atomic E-state index is 12.5. The number of aliphatic hydroxyl groups is 1. The molecule has 3 rings (SSSR count). The van der Waals surface area contributed by atoms with Crippen molar-refractivity contribution in [2.75, 3.05) is 13.1 Å². The first kappa shape index (κ1) is 16.8. The van der Waals surface area contributed by atoms with Gasteiger partial charge in [0.2, 0.25) is 0 Å². The van der Waals surface area contributed by atoms with E-state index in [-0.39, 0.29) is 17.6 Å². The molecular formula is C19H20ClNO3. The van der Waals surface area contributed by atoms with Crippen LogP contribution >= 0.6 is 11.6 Å². The van der Waals surface area contributed by atoms with E-state index < -0.39 is 6.10 Å². The number of hydrogen-bond acceptors (Lipinski definition) is 3. The van der Waals surface area contributed by atoms with Gasteiger partial charge in [-0.1, -0.05) is 35.9 Å². The lowest BCUT2D eigenvalue weighted by Gasteiger charge is -2.34. The zero-order valence-electron chi connectivity index (χ0n) is 13.2. The number of aliphatic hydroxyl groups excluding tert-OH is 1. The fourth-order valence-corrected chi connectivity index (χ4v) is 3.30. The van der Waals surface area contributed by atoms with E-state index in [9.17, 15) is 15.0 Å². The number of carbonyl (C=O) groups is 1. The predicted octanol–water partition coefficient (Wildman–Crippen LogP) is 3.63. The van der Waals surface area contributed by atoms with Gasteiger partial charge in [-0.25, -0.2) is 0 Å². The number of nitrogens with zero attached hydrogens (tertiary/aromatic N) is 1. The molecule has 1 aliphatic rings. The van der Waals surface area contributed by atoms with Crippen molar-refractivity contribution in [3.63, 3.8) is 0 Å². The van der Waals surface area contributed by atoms with Crippen LogP contribution in [0.4, 0.5) is 0 Å². The van der Waals surface area contributed by atoms with Gasteiger partial charge in [-0.2, -0.15) is 0 Å². The molecule has 0 aromatic heterocycles. The van der Waals surface area contributed by atoms with Crippen molar-refractivity contribution in [2.24, 2.45) is 5.92 Å². The zero-order valence-corrected chi connectivity index (χ0v) is 14.0. The van der Waals surface area contributed by atoms with Gasteiger partial charge in [-0.15, -0.1) is 0 Å². The van der Waals surface area contributed by atoms with Gasteiger partial charge in [-0.3, -0.25) is 4.79 Å². The van der Waals surface area contributed by atoms with Crippen LogP contribution in [0.3, 0.4) is 0 Å². The standard InChI is InChI=1S/C19H20ClNO3/c20-15-7-5-13(6-8-15)18(23)14-9-11-21(12-10-14)19(24)16-3-1-2-4-17(16)22/h1-8,14,18,22-23H,9-12H2. The van der Waals surface area contributed by atoms with Gasteiger partial charge in [0.1, 0.15) is 5.75 Å². The number of benzene rings is 2. The van der Waals surface area contributed by atoms with E-state index in [2.05, 4.69) is 0 Å². The van der Waals surface area contributed by atoms with Crippen molar-refractivity contribution in [3.8, 4) is 5.75 Å². The van der Waals surface area contributed by atoms with Crippen molar-refractivity contribution in [1.82, 2.24) is 4.90 Å². The molecule has 1 heterocycles. The minimum atomic E-state index is -0.551. The molecule has 1 aliphatic heterocycles. The first-order chi connectivity index (χ1) is 11.6. The third kappa shape index (κ3) is 3.55. The van der Waals surface area contributed by atoms with Crippen LogP contribution in [0, 0.1) is 5.92 Å². The summed E-state index contributed by atoms with van der Waals surface area (Å²) in [5, 5.41) is 21.0. The number of halogens is 1. The Morgan fingerprint density at radius 3 is 2.33 bits per heavy atom. The van der Waals surface area contributed by atoms with E-state index in [1.807, 2.05) is 12.1 Å². The number of phenolic OH excluding ortho intramolecular Hbond substituents is 1. The van der Waals surface area contributed by atoms with Gasteiger partial charge in [0.05, 0.1) is 11.7 Å². The van der Waals surface area contributed by atoms with E-state index in [0.717, 1.165) is 18.4 Å². The first-order valence-corrected chi connectivity index (χ1v) is 8.45. The summed E-state index contributed by atoms with van der Waals surface area (Å²) in [6, 6.07) is 13.8. The highest BCUT2D eigenvalue weighted by molar-refractivity contribution is 6.30. The Morgan fingerprint density at radius 2 is 1.71 bits per heavy atom. The summed E-state index contributed by atoms with van der Waals surface area (Å²) in [6.07, 6.45) is 0.899. The molecule has 0 radical (unpaired) electrons. The van der Waals surface area contributed by atoms with Crippen LogP contribution in [0.15, 0.2) is 48.5 Å². The molecule has 1 amide bonds. The molecule has 5 heteroatoms. The summed E-state index contributed by atoms with van der Waals surface area (Å²) in [7, 11) is 0. The fraction of sp³-hybridized carbons (Fsp3) is 0.316. The summed E-state index contributed by atoms with van der Waals surface area (Å²) in [5.41, 5.74) is 1.18. The second-order valence-electron chi connectivity index (χ2n) is 6.14. The molecule has 0 aliphatic carbocycles. The van der Waals surface area contributed by atoms with Gasteiger partial charge in [0.25, 0.3) is 5.91 Å². The fourth-order valence-electron chi connectivity index (χ4n) is 3.18. The first-order valence-electron chi connectivity index (χ1n) is 8.07. The van der Waals surface area contributed by atoms with Gasteiger partial charge < -0.3 is 15.1 Å². The van der Waals surface area contributed by atoms with E-state index in [1.54, 1.807) is 35.2 Å². The summed E-state index contributed by atoms with van der Waals surface area (Å²) in [6.45, 7) is 1.14. The number of rotatable bonds is 3. The lowest BCUT2D eigenvalue weighted by molar-refractivity contribution is 0.0460. The Labute approximate surface area is 146 Å². The predicted molar refractivity (Wildman–Crippen MR) is 93.1 cm³/mol. The Balaban J connectivity index is 1.62. The number of amides is 1. The topological polar surface area (TPSA) is 60.8 Å². The van der Waals surface area contributed by atoms with E-state index in [0.29, 0.717) is 23.7 Å². The van der Waals surface area contributed by atoms with Crippen molar-refractivity contribution in [3.05, 3.63) is 64.7 Å². The van der Waals surface area contributed by atoms with Crippen molar-refractivity contribution in [2.45, 2.75) is 18.9 Å². The summed E-state index contributed by atoms with van der Waals surface area (Å²) in [4.78, 5) is 14.2. The van der Waals surface area contributed by atoms with Crippen LogP contribution in [0.1, 0.15) is 34.9 Å². The molecule has 24 heavy (non-hydrogen) atoms. The summed E-state index contributed by atoms with van der Waals surface area (Å²) >= 11 is 5.88. The maximum Gasteiger partial charge on any atom is 0.257 e. The largest absolute Gasteiger partial charge is 0.507 e. The molecule has 126 valence electrons. The van der Waals surface area contributed by atoms with Crippen molar-refractivity contribution in [1.29, 1.82) is 0 Å². The molecule has 1 unspecified atom stereocenters. The SMILES string of the molecule is O=C(c1ccccc1O)N1CCC(C(O)c2ccc(Cl)cc2)CC1. The summed E-state index contributed by atoms with van der Waals surface area (Å²) in [5.74, 6) is -0.0436. The van der Waals surface area contributed by atoms with Crippen LogP contribution in [-0.4, -0.2) is 34.1 Å². The Hall–Kier alpha value is -2.04. The number of para-hydroxylation sites is 1. The lowest BCUT2D eigenvalue weighted by atomic mass is 9.87. The van der Waals surface area contributed by atoms with Crippen molar-refractivity contribution >= 4 is 17.5 Å². The van der Waals surface area contributed by atoms with Crippen LogP contribution in [-0.2, 0) is 0 Å². The van der Waals surface area contributed by atoms with E-state index >= 15 is 0 Å². The highest BCUT2D eigenvalue weighted by Gasteiger charge is 2.29. The number of hydrogen-bond donors (Lipinski definition) is 2. The molecule has 2 N–H and O–H groups in total. The number of phenols is 1. The molecule has 0 saturated carbocycles. The third-order valence-electron chi connectivity index (χ3n) is 4.62. The number of carbonyl (C=O) groups excluding carboxylic acids is 1. The monoisotopic (exact) mass is 345 g/mol. The summed E-state index contributed by atoms with van der Waals surface area (Å²) < 4.78 is 0. The normalized spacial score (nSPS) is 16.8. The lowest BCUT2D eigenvalue weighted by Crippen LogP contribution is -2.39. The van der Waals surface area contributed by atoms with Crippen LogP contribution < -0.4 is 0 Å². The molecule has 1 atom stereocenters. The zero-order chi connectivity index (χ0) is 17.1. The highest BCUT2D eigenvalue weighted by atomic mass is 35.5. The highest BCUT2D eigenvalue weighted by Crippen LogP contribution is 2.32. The average molecular weight is 346 g/mol. The van der Waals surface area contributed by atoms with E-state index in [1.165, 1.54) is 6.07 Å².